The molecule has 2 aromatic rings. The molecule has 2 N–H and O–H groups in total. The van der Waals surface area contributed by atoms with Gasteiger partial charge in [0.25, 0.3) is 0 Å². The fourth-order valence-corrected chi connectivity index (χ4v) is 3.65. The molecular weight excluding hydrogens is 360 g/mol. The molecule has 0 aliphatic carbocycles. The van der Waals surface area contributed by atoms with Crippen LogP contribution in [0.1, 0.15) is 36.8 Å². The second-order valence-corrected chi connectivity index (χ2v) is 8.45. The molecule has 7 nitrogen and oxygen atoms in total. The molecule has 0 atom stereocenters. The summed E-state index contributed by atoms with van der Waals surface area (Å²) in [6.45, 7) is 2.12. The van der Waals surface area contributed by atoms with Crippen molar-refractivity contribution in [3.8, 4) is 0 Å². The van der Waals surface area contributed by atoms with Crippen molar-refractivity contribution in [2.24, 2.45) is 0 Å². The lowest BCUT2D eigenvalue weighted by Crippen LogP contribution is -2.18. The van der Waals surface area contributed by atoms with Gasteiger partial charge in [-0.15, -0.1) is 10.2 Å². The van der Waals surface area contributed by atoms with Crippen LogP contribution in [0.2, 0.25) is 0 Å². The first-order valence-corrected chi connectivity index (χ1v) is 10.4. The van der Waals surface area contributed by atoms with Crippen molar-refractivity contribution in [2.75, 3.05) is 12.4 Å². The summed E-state index contributed by atoms with van der Waals surface area (Å²) < 4.78 is 25.6. The smallest absolute Gasteiger partial charge is 0.240 e. The molecule has 0 unspecified atom stereocenters. The highest BCUT2D eigenvalue weighted by atomic mass is 32.2. The lowest BCUT2D eigenvalue weighted by Gasteiger charge is -2.05. The summed E-state index contributed by atoms with van der Waals surface area (Å²) in [5, 5.41) is 12.2. The molecule has 25 heavy (non-hydrogen) atoms. The van der Waals surface area contributed by atoms with Crippen molar-refractivity contribution in [2.45, 2.75) is 43.9 Å². The molecule has 2 rings (SSSR count). The number of amides is 1. The Morgan fingerprint density at radius 1 is 1.16 bits per heavy atom. The van der Waals surface area contributed by atoms with Gasteiger partial charge in [0.05, 0.1) is 4.90 Å². The largest absolute Gasteiger partial charge is 0.301 e. The Balaban J connectivity index is 1.84. The number of hydrogen-bond acceptors (Lipinski definition) is 6. The normalized spacial score (nSPS) is 11.4. The minimum atomic E-state index is -3.43. The minimum absolute atomic E-state index is 0.134. The van der Waals surface area contributed by atoms with Gasteiger partial charge in [-0.05, 0) is 37.6 Å². The summed E-state index contributed by atoms with van der Waals surface area (Å²) in [6, 6.07) is 6.49. The van der Waals surface area contributed by atoms with E-state index in [1.807, 2.05) is 0 Å². The molecule has 9 heteroatoms. The van der Waals surface area contributed by atoms with Crippen molar-refractivity contribution < 1.29 is 13.2 Å². The van der Waals surface area contributed by atoms with Crippen LogP contribution in [0.15, 0.2) is 29.2 Å². The predicted molar refractivity (Wildman–Crippen MR) is 98.2 cm³/mol. The van der Waals surface area contributed by atoms with Crippen molar-refractivity contribution in [1.29, 1.82) is 0 Å². The van der Waals surface area contributed by atoms with Crippen LogP contribution in [0.5, 0.6) is 0 Å². The zero-order valence-corrected chi connectivity index (χ0v) is 15.9. The first-order valence-electron chi connectivity index (χ1n) is 8.09. The fraction of sp³-hybridized carbons (Fsp3) is 0.438. The Morgan fingerprint density at radius 2 is 1.88 bits per heavy atom. The van der Waals surface area contributed by atoms with Crippen LogP contribution < -0.4 is 10.0 Å². The van der Waals surface area contributed by atoms with Gasteiger partial charge in [0, 0.05) is 12.8 Å². The van der Waals surface area contributed by atoms with E-state index >= 15 is 0 Å². The summed E-state index contributed by atoms with van der Waals surface area (Å²) in [5.74, 6) is -0.134. The molecule has 0 fully saturated rings. The van der Waals surface area contributed by atoms with Gasteiger partial charge in [-0.1, -0.05) is 36.8 Å². The Kier molecular flexibility index (Phi) is 7.03. The number of hydrogen-bond donors (Lipinski definition) is 2. The lowest BCUT2D eigenvalue weighted by atomic mass is 10.1. The van der Waals surface area contributed by atoms with E-state index in [1.165, 1.54) is 30.5 Å². The minimum Gasteiger partial charge on any atom is -0.301 e. The fourth-order valence-electron chi connectivity index (χ4n) is 2.13. The number of carbonyl (C=O) groups excluding carboxylic acids is 1. The Bertz CT molecular complexity index is 801. The molecule has 1 heterocycles. The van der Waals surface area contributed by atoms with Crippen molar-refractivity contribution >= 4 is 32.4 Å². The van der Waals surface area contributed by atoms with E-state index in [1.54, 1.807) is 12.1 Å². The molecule has 1 aromatic heterocycles. The zero-order chi connectivity index (χ0) is 18.3. The Hall–Kier alpha value is -1.84. The quantitative estimate of drug-likeness (QED) is 0.693. The summed E-state index contributed by atoms with van der Waals surface area (Å²) in [5.41, 5.74) is 0.895. The number of nitrogens with zero attached hydrogens (tertiary/aromatic N) is 2. The number of rotatable bonds is 9. The summed E-state index contributed by atoms with van der Waals surface area (Å²) in [6.07, 6.45) is 3.85. The third-order valence-electron chi connectivity index (χ3n) is 3.60. The molecule has 0 bridgehead atoms. The van der Waals surface area contributed by atoms with Crippen LogP contribution in [0.4, 0.5) is 5.13 Å². The molecule has 0 aliphatic heterocycles. The van der Waals surface area contributed by atoms with Crippen LogP contribution in [0, 0.1) is 0 Å². The maximum atomic E-state index is 12.0. The lowest BCUT2D eigenvalue weighted by molar-refractivity contribution is -0.116. The molecule has 0 saturated heterocycles. The third-order valence-corrected chi connectivity index (χ3v) is 5.93. The van der Waals surface area contributed by atoms with E-state index in [0.29, 0.717) is 18.0 Å². The predicted octanol–water partition coefficient (Wildman–Crippen LogP) is 2.36. The van der Waals surface area contributed by atoms with Gasteiger partial charge in [-0.25, -0.2) is 13.1 Å². The van der Waals surface area contributed by atoms with Crippen molar-refractivity contribution in [1.82, 2.24) is 14.9 Å². The van der Waals surface area contributed by atoms with Crippen LogP contribution in [-0.4, -0.2) is 31.6 Å². The van der Waals surface area contributed by atoms with Gasteiger partial charge < -0.3 is 5.32 Å². The summed E-state index contributed by atoms with van der Waals surface area (Å²) >= 11 is 1.40. The molecule has 0 aliphatic rings. The number of anilines is 1. The molecule has 0 spiro atoms. The monoisotopic (exact) mass is 382 g/mol. The van der Waals surface area contributed by atoms with E-state index in [-0.39, 0.29) is 10.8 Å². The van der Waals surface area contributed by atoms with E-state index in [9.17, 15) is 13.2 Å². The van der Waals surface area contributed by atoms with Gasteiger partial charge in [-0.3, -0.25) is 4.79 Å². The molecular formula is C16H22N4O3S2. The van der Waals surface area contributed by atoms with Gasteiger partial charge in [0.2, 0.25) is 21.1 Å². The number of aromatic nitrogens is 2. The molecule has 1 aromatic carbocycles. The second kappa shape index (κ2) is 9.02. The van der Waals surface area contributed by atoms with E-state index in [2.05, 4.69) is 27.2 Å². The summed E-state index contributed by atoms with van der Waals surface area (Å²) in [7, 11) is -2.06. The highest BCUT2D eigenvalue weighted by Gasteiger charge is 2.11. The van der Waals surface area contributed by atoms with E-state index in [4.69, 9.17) is 0 Å². The van der Waals surface area contributed by atoms with E-state index in [0.717, 1.165) is 29.8 Å². The third kappa shape index (κ3) is 5.87. The van der Waals surface area contributed by atoms with Crippen LogP contribution in [0.25, 0.3) is 0 Å². The Morgan fingerprint density at radius 3 is 2.52 bits per heavy atom. The SMILES string of the molecule is CCCCc1nnc(NC(=O)CCc2ccc(S(=O)(=O)NC)cc2)s1. The van der Waals surface area contributed by atoms with Crippen LogP contribution in [0.3, 0.4) is 0 Å². The second-order valence-electron chi connectivity index (χ2n) is 5.50. The number of aryl methyl sites for hydroxylation is 2. The topological polar surface area (TPSA) is 101 Å². The average molecular weight is 383 g/mol. The van der Waals surface area contributed by atoms with Crippen LogP contribution >= 0.6 is 11.3 Å². The first kappa shape index (κ1) is 19.5. The first-order chi connectivity index (χ1) is 11.9. The van der Waals surface area contributed by atoms with Crippen LogP contribution in [-0.2, 0) is 27.7 Å². The number of nitrogens with one attached hydrogen (secondary N) is 2. The number of carbonyl (C=O) groups is 1. The molecule has 0 radical (unpaired) electrons. The number of sulfonamides is 1. The molecule has 1 amide bonds. The van der Waals surface area contributed by atoms with E-state index < -0.39 is 10.0 Å². The number of unbranched alkanes of at least 4 members (excludes halogenated alkanes) is 1. The standard InChI is InChI=1S/C16H22N4O3S2/c1-3-4-5-15-19-20-16(24-15)18-14(21)11-8-12-6-9-13(10-7-12)25(22,23)17-2/h6-7,9-10,17H,3-5,8,11H2,1-2H3,(H,18,20,21). The average Bonchev–Trinajstić information content (AvgIpc) is 3.05. The zero-order valence-electron chi connectivity index (χ0n) is 14.3. The highest BCUT2D eigenvalue weighted by Crippen LogP contribution is 2.18. The summed E-state index contributed by atoms with van der Waals surface area (Å²) in [4.78, 5) is 12.2. The van der Waals surface area contributed by atoms with Crippen molar-refractivity contribution in [3.05, 3.63) is 34.8 Å². The Labute approximate surface area is 151 Å². The molecule has 0 saturated carbocycles. The van der Waals surface area contributed by atoms with Gasteiger partial charge >= 0.3 is 0 Å². The van der Waals surface area contributed by atoms with Gasteiger partial charge in [-0.2, -0.15) is 0 Å². The number of benzene rings is 1. The maximum absolute atomic E-state index is 12.0. The maximum Gasteiger partial charge on any atom is 0.240 e. The van der Waals surface area contributed by atoms with Crippen molar-refractivity contribution in [3.63, 3.8) is 0 Å². The van der Waals surface area contributed by atoms with Gasteiger partial charge in [0.15, 0.2) is 0 Å². The highest BCUT2D eigenvalue weighted by molar-refractivity contribution is 7.89. The van der Waals surface area contributed by atoms with Gasteiger partial charge in [0.1, 0.15) is 5.01 Å². The molecule has 136 valence electrons.